The summed E-state index contributed by atoms with van der Waals surface area (Å²) >= 11 is 9.35. The molecule has 21 heavy (non-hydrogen) atoms. The van der Waals surface area contributed by atoms with Gasteiger partial charge in [-0.2, -0.15) is 0 Å². The minimum absolute atomic E-state index is 0.237. The van der Waals surface area contributed by atoms with E-state index in [-0.39, 0.29) is 6.61 Å². The van der Waals surface area contributed by atoms with E-state index < -0.39 is 6.10 Å². The van der Waals surface area contributed by atoms with E-state index in [4.69, 9.17) is 16.3 Å². The molecule has 5 heteroatoms. The highest BCUT2D eigenvalue weighted by atomic mass is 79.9. The fourth-order valence-corrected chi connectivity index (χ4v) is 2.23. The molecule has 0 spiro atoms. The van der Waals surface area contributed by atoms with Crippen LogP contribution in [0.2, 0.25) is 5.02 Å². The van der Waals surface area contributed by atoms with E-state index in [1.807, 2.05) is 43.3 Å². The third-order valence-corrected chi connectivity index (χ3v) is 4.13. The quantitative estimate of drug-likeness (QED) is 0.798. The van der Waals surface area contributed by atoms with Crippen LogP contribution in [0.25, 0.3) is 0 Å². The van der Waals surface area contributed by atoms with Crippen LogP contribution in [0.15, 0.2) is 46.9 Å². The maximum absolute atomic E-state index is 9.94. The Hall–Kier alpha value is -1.23. The molecule has 112 valence electrons. The molecule has 0 radical (unpaired) electrons. The molecule has 2 aromatic carbocycles. The average molecular weight is 371 g/mol. The molecule has 0 saturated carbocycles. The van der Waals surface area contributed by atoms with Crippen molar-refractivity contribution in [3.8, 4) is 5.75 Å². The molecule has 0 aliphatic heterocycles. The van der Waals surface area contributed by atoms with Gasteiger partial charge in [0, 0.05) is 16.7 Å². The molecule has 0 aliphatic carbocycles. The van der Waals surface area contributed by atoms with E-state index in [0.29, 0.717) is 11.6 Å². The molecule has 1 atom stereocenters. The lowest BCUT2D eigenvalue weighted by Gasteiger charge is -2.14. The summed E-state index contributed by atoms with van der Waals surface area (Å²) in [6, 6.07) is 13.3. The van der Waals surface area contributed by atoms with Crippen LogP contribution >= 0.6 is 27.5 Å². The summed E-state index contributed by atoms with van der Waals surface area (Å²) in [7, 11) is 0. The van der Waals surface area contributed by atoms with Gasteiger partial charge in [0.1, 0.15) is 18.5 Å². The minimum atomic E-state index is -0.604. The summed E-state index contributed by atoms with van der Waals surface area (Å²) in [6.07, 6.45) is -0.604. The summed E-state index contributed by atoms with van der Waals surface area (Å²) in [5.41, 5.74) is 1.99. The van der Waals surface area contributed by atoms with Crippen molar-refractivity contribution in [2.24, 2.45) is 0 Å². The number of aliphatic hydroxyl groups is 1. The first-order valence-corrected chi connectivity index (χ1v) is 7.78. The van der Waals surface area contributed by atoms with Gasteiger partial charge >= 0.3 is 0 Å². The highest BCUT2D eigenvalue weighted by molar-refractivity contribution is 9.10. The molecule has 2 aromatic rings. The fourth-order valence-electron chi connectivity index (χ4n) is 1.80. The average Bonchev–Trinajstić information content (AvgIpc) is 2.46. The molecular weight excluding hydrogens is 354 g/mol. The van der Waals surface area contributed by atoms with Gasteiger partial charge < -0.3 is 15.2 Å². The van der Waals surface area contributed by atoms with Crippen LogP contribution < -0.4 is 10.1 Å². The second-order valence-corrected chi connectivity index (χ2v) is 6.05. The number of aliphatic hydroxyl groups excluding tert-OH is 1. The first kappa shape index (κ1) is 16.1. The van der Waals surface area contributed by atoms with Crippen molar-refractivity contribution in [2.75, 3.05) is 18.5 Å². The van der Waals surface area contributed by atoms with Crippen molar-refractivity contribution in [1.82, 2.24) is 0 Å². The fraction of sp³-hybridized carbons (Fsp3) is 0.250. The zero-order valence-electron chi connectivity index (χ0n) is 11.6. The number of benzene rings is 2. The van der Waals surface area contributed by atoms with Gasteiger partial charge in [0.2, 0.25) is 0 Å². The highest BCUT2D eigenvalue weighted by Crippen LogP contribution is 2.25. The van der Waals surface area contributed by atoms with Crippen molar-refractivity contribution in [3.63, 3.8) is 0 Å². The van der Waals surface area contributed by atoms with E-state index in [9.17, 15) is 5.11 Å². The molecule has 3 nitrogen and oxygen atoms in total. The maximum Gasteiger partial charge on any atom is 0.119 e. The number of aryl methyl sites for hydroxylation is 1. The first-order valence-electron chi connectivity index (χ1n) is 6.61. The predicted octanol–water partition coefficient (Wildman–Crippen LogP) is 4.26. The van der Waals surface area contributed by atoms with Crippen LogP contribution in [0.3, 0.4) is 0 Å². The number of rotatable bonds is 6. The molecule has 0 fully saturated rings. The molecule has 0 heterocycles. The Balaban J connectivity index is 1.79. The molecule has 2 rings (SSSR count). The zero-order chi connectivity index (χ0) is 15.2. The van der Waals surface area contributed by atoms with Crippen molar-refractivity contribution in [1.29, 1.82) is 0 Å². The van der Waals surface area contributed by atoms with E-state index in [1.165, 1.54) is 0 Å². The Bertz CT molecular complexity index is 607. The standard InChI is InChI=1S/C16H17BrClNO2/c1-11-3-2-4-14(7-11)21-10-13(20)9-19-12-5-6-15(17)16(18)8-12/h2-8,13,19-20H,9-10H2,1H3. The van der Waals surface area contributed by atoms with Gasteiger partial charge in [0.15, 0.2) is 0 Å². The number of hydrogen-bond donors (Lipinski definition) is 2. The number of anilines is 1. The number of hydrogen-bond acceptors (Lipinski definition) is 3. The molecule has 0 amide bonds. The van der Waals surface area contributed by atoms with Crippen molar-refractivity contribution in [2.45, 2.75) is 13.0 Å². The zero-order valence-corrected chi connectivity index (χ0v) is 14.0. The predicted molar refractivity (Wildman–Crippen MR) is 90.3 cm³/mol. The number of ether oxygens (including phenoxy) is 1. The minimum Gasteiger partial charge on any atom is -0.491 e. The van der Waals surface area contributed by atoms with Crippen LogP contribution in [-0.2, 0) is 0 Å². The number of halogens is 2. The summed E-state index contributed by atoms with van der Waals surface area (Å²) in [6.45, 7) is 2.63. The lowest BCUT2D eigenvalue weighted by molar-refractivity contribution is 0.117. The molecule has 2 N–H and O–H groups in total. The topological polar surface area (TPSA) is 41.5 Å². The lowest BCUT2D eigenvalue weighted by Crippen LogP contribution is -2.26. The summed E-state index contributed by atoms with van der Waals surface area (Å²) in [4.78, 5) is 0. The molecule has 1 unspecified atom stereocenters. The van der Waals surface area contributed by atoms with E-state index in [1.54, 1.807) is 6.07 Å². The van der Waals surface area contributed by atoms with Crippen molar-refractivity contribution in [3.05, 3.63) is 57.5 Å². The Morgan fingerprint density at radius 2 is 2.10 bits per heavy atom. The van der Waals surface area contributed by atoms with Gasteiger partial charge in [0.05, 0.1) is 5.02 Å². The van der Waals surface area contributed by atoms with Crippen LogP contribution in [0.4, 0.5) is 5.69 Å². The van der Waals surface area contributed by atoms with Crippen molar-refractivity contribution < 1.29 is 9.84 Å². The van der Waals surface area contributed by atoms with Crippen molar-refractivity contribution >= 4 is 33.2 Å². The van der Waals surface area contributed by atoms with Crippen LogP contribution in [0.1, 0.15) is 5.56 Å². The van der Waals surface area contributed by atoms with Crippen LogP contribution in [0.5, 0.6) is 5.75 Å². The second kappa shape index (κ2) is 7.69. The third-order valence-electron chi connectivity index (χ3n) is 2.89. The Kier molecular flexibility index (Phi) is 5.91. The maximum atomic E-state index is 9.94. The van der Waals surface area contributed by atoms with E-state index in [2.05, 4.69) is 21.2 Å². The molecular formula is C16H17BrClNO2. The smallest absolute Gasteiger partial charge is 0.119 e. The first-order chi connectivity index (χ1) is 10.0. The summed E-state index contributed by atoms with van der Waals surface area (Å²) < 4.78 is 6.40. The molecule has 0 saturated heterocycles. The van der Waals surface area contributed by atoms with Gasteiger partial charge in [-0.05, 0) is 58.7 Å². The molecule has 0 aromatic heterocycles. The highest BCUT2D eigenvalue weighted by Gasteiger charge is 2.06. The van der Waals surface area contributed by atoms with Gasteiger partial charge in [-0.25, -0.2) is 0 Å². The molecule has 0 bridgehead atoms. The Labute approximate surface area is 138 Å². The largest absolute Gasteiger partial charge is 0.491 e. The van der Waals surface area contributed by atoms with Gasteiger partial charge in [-0.15, -0.1) is 0 Å². The molecule has 0 aliphatic rings. The second-order valence-electron chi connectivity index (χ2n) is 4.79. The Morgan fingerprint density at radius 1 is 1.29 bits per heavy atom. The van der Waals surface area contributed by atoms with E-state index in [0.717, 1.165) is 21.5 Å². The third kappa shape index (κ3) is 5.23. The Morgan fingerprint density at radius 3 is 2.81 bits per heavy atom. The normalized spacial score (nSPS) is 12.0. The lowest BCUT2D eigenvalue weighted by atomic mass is 10.2. The monoisotopic (exact) mass is 369 g/mol. The van der Waals surface area contributed by atoms with Gasteiger partial charge in [-0.1, -0.05) is 23.7 Å². The number of nitrogens with one attached hydrogen (secondary N) is 1. The van der Waals surface area contributed by atoms with Crippen LogP contribution in [-0.4, -0.2) is 24.4 Å². The SMILES string of the molecule is Cc1cccc(OCC(O)CNc2ccc(Br)c(Cl)c2)c1. The van der Waals surface area contributed by atoms with Crippen LogP contribution in [0, 0.1) is 6.92 Å². The van der Waals surface area contributed by atoms with E-state index >= 15 is 0 Å². The van der Waals surface area contributed by atoms with Gasteiger partial charge in [-0.3, -0.25) is 0 Å². The summed E-state index contributed by atoms with van der Waals surface area (Å²) in [5.74, 6) is 0.765. The summed E-state index contributed by atoms with van der Waals surface area (Å²) in [5, 5.41) is 13.7. The van der Waals surface area contributed by atoms with Gasteiger partial charge in [0.25, 0.3) is 0 Å².